The second-order valence-corrected chi connectivity index (χ2v) is 10.5. The zero-order chi connectivity index (χ0) is 23.7. The molecule has 0 nitrogen and oxygen atoms in total. The normalized spacial score (nSPS) is 12.7. The smallest absolute Gasteiger partial charge is 0.00140 e. The lowest BCUT2D eigenvalue weighted by Crippen LogP contribution is -1.93. The number of aryl methyl sites for hydroxylation is 2. The quantitative estimate of drug-likeness (QED) is 0.158. The average molecular weight is 455 g/mol. The molecule has 0 spiro atoms. The van der Waals surface area contributed by atoms with Crippen LogP contribution in [0.15, 0.2) is 97.1 Å². The first-order chi connectivity index (χ1) is 17.7. The zero-order valence-corrected chi connectivity index (χ0v) is 20.2. The largest absolute Gasteiger partial charge is 0.0616 e. The molecule has 0 fully saturated rings. The van der Waals surface area contributed by atoms with Crippen LogP contribution in [0.25, 0.3) is 86.2 Å². The van der Waals surface area contributed by atoms with Gasteiger partial charge in [-0.25, -0.2) is 0 Å². The summed E-state index contributed by atoms with van der Waals surface area (Å²) in [7, 11) is 0. The van der Waals surface area contributed by atoms with Crippen molar-refractivity contribution in [2.45, 2.75) is 13.8 Å². The van der Waals surface area contributed by atoms with Crippen LogP contribution in [0.4, 0.5) is 0 Å². The van der Waals surface area contributed by atoms with Crippen LogP contribution >= 0.6 is 0 Å². The van der Waals surface area contributed by atoms with Crippen LogP contribution in [0.5, 0.6) is 0 Å². The number of benzene rings is 9. The maximum atomic E-state index is 2.38. The molecule has 0 radical (unpaired) electrons. The highest BCUT2D eigenvalue weighted by Gasteiger charge is 2.20. The molecule has 0 heteroatoms. The molecule has 0 aromatic heterocycles. The molecule has 0 saturated carbocycles. The molecular weight excluding hydrogens is 432 g/mol. The highest BCUT2D eigenvalue weighted by Crippen LogP contribution is 2.48. The third-order valence-electron chi connectivity index (χ3n) is 8.95. The number of rotatable bonds is 0. The van der Waals surface area contributed by atoms with E-state index in [4.69, 9.17) is 0 Å². The Morgan fingerprint density at radius 1 is 0.250 bits per heavy atom. The molecule has 0 atom stereocenters. The summed E-state index contributed by atoms with van der Waals surface area (Å²) in [5.41, 5.74) is 2.75. The van der Waals surface area contributed by atoms with Crippen LogP contribution in [0, 0.1) is 13.8 Å². The van der Waals surface area contributed by atoms with Gasteiger partial charge in [0.25, 0.3) is 0 Å². The minimum absolute atomic E-state index is 1.35. The Kier molecular flexibility index (Phi) is 3.26. The predicted molar refractivity (Wildman–Crippen MR) is 158 cm³/mol. The van der Waals surface area contributed by atoms with Gasteiger partial charge in [0, 0.05) is 0 Å². The highest BCUT2D eigenvalue weighted by atomic mass is 14.2. The van der Waals surface area contributed by atoms with E-state index < -0.39 is 0 Å². The third-order valence-corrected chi connectivity index (χ3v) is 8.95. The molecule has 0 bridgehead atoms. The van der Waals surface area contributed by atoms with Gasteiger partial charge in [0.05, 0.1) is 0 Å². The number of hydrogen-bond acceptors (Lipinski definition) is 0. The lowest BCUT2D eigenvalue weighted by atomic mass is 9.82. The van der Waals surface area contributed by atoms with E-state index in [1.165, 1.54) is 97.3 Å². The Hall–Kier alpha value is -4.42. The Morgan fingerprint density at radius 3 is 0.861 bits per heavy atom. The summed E-state index contributed by atoms with van der Waals surface area (Å²) in [6.07, 6.45) is 0. The summed E-state index contributed by atoms with van der Waals surface area (Å²) in [4.78, 5) is 0. The molecule has 36 heavy (non-hydrogen) atoms. The summed E-state index contributed by atoms with van der Waals surface area (Å²) < 4.78 is 0. The van der Waals surface area contributed by atoms with E-state index in [1.54, 1.807) is 0 Å². The lowest BCUT2D eigenvalue weighted by Gasteiger charge is -2.21. The van der Waals surface area contributed by atoms with E-state index >= 15 is 0 Å². The Balaban J connectivity index is 1.61. The summed E-state index contributed by atoms with van der Waals surface area (Å²) in [6.45, 7) is 4.56. The molecule has 9 rings (SSSR count). The van der Waals surface area contributed by atoms with Gasteiger partial charge in [0.15, 0.2) is 0 Å². The van der Waals surface area contributed by atoms with Gasteiger partial charge in [-0.15, -0.1) is 0 Å². The van der Waals surface area contributed by atoms with Crippen molar-refractivity contribution in [2.75, 3.05) is 0 Å². The molecule has 0 amide bonds. The predicted octanol–water partition coefficient (Wildman–Crippen LogP) is 10.4. The molecule has 0 aliphatic rings. The Labute approximate surface area is 208 Å². The fourth-order valence-corrected chi connectivity index (χ4v) is 7.34. The molecule has 0 aliphatic heterocycles. The fourth-order valence-electron chi connectivity index (χ4n) is 7.34. The molecule has 0 saturated heterocycles. The molecule has 0 unspecified atom stereocenters. The van der Waals surface area contributed by atoms with Crippen molar-refractivity contribution in [3.63, 3.8) is 0 Å². The van der Waals surface area contributed by atoms with Crippen LogP contribution in [-0.2, 0) is 0 Å². The van der Waals surface area contributed by atoms with Crippen molar-refractivity contribution in [1.29, 1.82) is 0 Å². The number of fused-ring (bicyclic) bond motifs is 6. The number of hydrogen-bond donors (Lipinski definition) is 0. The first kappa shape index (κ1) is 18.9. The van der Waals surface area contributed by atoms with Gasteiger partial charge in [-0.05, 0) is 111 Å². The second kappa shape index (κ2) is 6.22. The summed E-state index contributed by atoms with van der Waals surface area (Å²) >= 11 is 0. The standard InChI is InChI=1S/C36H22/c1-19-21-7-3-5-9-25(21)27-15-17-31-30-14-12-24-20(2)22-8-4-6-10-26(22)28-16-18-32(36(30)34(24)28)29-13-11-23(19)33(27)35(29)31/h3-18H,1-2H3. The first-order valence-electron chi connectivity index (χ1n) is 12.8. The van der Waals surface area contributed by atoms with Crippen molar-refractivity contribution >= 4 is 86.2 Å². The van der Waals surface area contributed by atoms with E-state index in [0.717, 1.165) is 0 Å². The van der Waals surface area contributed by atoms with E-state index in [-0.39, 0.29) is 0 Å². The molecule has 0 aliphatic carbocycles. The summed E-state index contributed by atoms with van der Waals surface area (Å²) in [5.74, 6) is 0. The van der Waals surface area contributed by atoms with Gasteiger partial charge in [0.2, 0.25) is 0 Å². The SMILES string of the molecule is Cc1c2ccccc2c2ccc3c4ccc5c(C)c6ccccc6c6ccc(c7ccc1c2c73)c4c56. The third kappa shape index (κ3) is 2.01. The molecule has 0 heterocycles. The van der Waals surface area contributed by atoms with E-state index in [2.05, 4.69) is 111 Å². The summed E-state index contributed by atoms with van der Waals surface area (Å²) in [5, 5.41) is 22.0. The maximum Gasteiger partial charge on any atom is -0.00140 e. The molecule has 9 aromatic carbocycles. The van der Waals surface area contributed by atoms with Gasteiger partial charge in [-0.1, -0.05) is 97.1 Å². The molecular formula is C36H22. The monoisotopic (exact) mass is 454 g/mol. The van der Waals surface area contributed by atoms with Crippen LogP contribution < -0.4 is 0 Å². The van der Waals surface area contributed by atoms with Crippen molar-refractivity contribution in [2.24, 2.45) is 0 Å². The topological polar surface area (TPSA) is 0 Å². The van der Waals surface area contributed by atoms with Crippen molar-refractivity contribution in [1.82, 2.24) is 0 Å². The van der Waals surface area contributed by atoms with E-state index in [0.29, 0.717) is 0 Å². The Morgan fingerprint density at radius 2 is 0.500 bits per heavy atom. The van der Waals surface area contributed by atoms with Crippen LogP contribution in [-0.4, -0.2) is 0 Å². The van der Waals surface area contributed by atoms with Gasteiger partial charge >= 0.3 is 0 Å². The van der Waals surface area contributed by atoms with Crippen LogP contribution in [0.1, 0.15) is 11.1 Å². The minimum atomic E-state index is 1.35. The summed E-state index contributed by atoms with van der Waals surface area (Å²) in [6, 6.07) is 36.7. The lowest BCUT2D eigenvalue weighted by molar-refractivity contribution is 1.59. The highest BCUT2D eigenvalue weighted by molar-refractivity contribution is 6.42. The zero-order valence-electron chi connectivity index (χ0n) is 20.2. The molecule has 9 aromatic rings. The van der Waals surface area contributed by atoms with Gasteiger partial charge in [-0.2, -0.15) is 0 Å². The van der Waals surface area contributed by atoms with Gasteiger partial charge in [0.1, 0.15) is 0 Å². The van der Waals surface area contributed by atoms with E-state index in [9.17, 15) is 0 Å². The van der Waals surface area contributed by atoms with Crippen molar-refractivity contribution < 1.29 is 0 Å². The maximum absolute atomic E-state index is 2.38. The molecule has 0 N–H and O–H groups in total. The van der Waals surface area contributed by atoms with E-state index in [1.807, 2.05) is 0 Å². The molecule has 166 valence electrons. The first-order valence-corrected chi connectivity index (χ1v) is 12.8. The van der Waals surface area contributed by atoms with Crippen LogP contribution in [0.2, 0.25) is 0 Å². The fraction of sp³-hybridized carbons (Fsp3) is 0.0556. The van der Waals surface area contributed by atoms with Crippen molar-refractivity contribution in [3.8, 4) is 0 Å². The Bertz CT molecular complexity index is 2180. The second-order valence-electron chi connectivity index (χ2n) is 10.5. The average Bonchev–Trinajstić information content (AvgIpc) is 2.94. The van der Waals surface area contributed by atoms with Crippen LogP contribution in [0.3, 0.4) is 0 Å². The van der Waals surface area contributed by atoms with Crippen molar-refractivity contribution in [3.05, 3.63) is 108 Å². The van der Waals surface area contributed by atoms with Gasteiger partial charge in [-0.3, -0.25) is 0 Å². The minimum Gasteiger partial charge on any atom is -0.0616 e. The van der Waals surface area contributed by atoms with Gasteiger partial charge < -0.3 is 0 Å².